The molecule has 4 nitrogen and oxygen atoms in total. The number of carbonyl (C=O) groups excluding carboxylic acids is 1. The van der Waals surface area contributed by atoms with Crippen molar-refractivity contribution >= 4 is 39.1 Å². The van der Waals surface area contributed by atoms with Gasteiger partial charge in [0.25, 0.3) is 0 Å². The molecule has 1 unspecified atom stereocenters. The highest BCUT2D eigenvalue weighted by Crippen LogP contribution is 2.37. The number of alkyl halides is 2. The molecule has 20 heavy (non-hydrogen) atoms. The van der Waals surface area contributed by atoms with Crippen molar-refractivity contribution in [1.29, 1.82) is 0 Å². The van der Waals surface area contributed by atoms with E-state index in [1.807, 2.05) is 6.92 Å². The third kappa shape index (κ3) is 4.88. The van der Waals surface area contributed by atoms with Crippen LogP contribution in [0.25, 0.3) is 0 Å². The van der Waals surface area contributed by atoms with Gasteiger partial charge < -0.3 is 15.8 Å². The second-order valence-corrected chi connectivity index (χ2v) is 5.32. The SMILES string of the molecule is CCCC(N)C(=O)Nc1cc(Cl)cc(Br)c1OC(F)F. The number of amides is 1. The zero-order valence-electron chi connectivity index (χ0n) is 10.6. The van der Waals surface area contributed by atoms with Crippen LogP contribution < -0.4 is 15.8 Å². The van der Waals surface area contributed by atoms with E-state index in [1.54, 1.807) is 0 Å². The third-order valence-corrected chi connectivity index (χ3v) is 3.22. The molecular formula is C12H14BrClF2N2O2. The molecule has 0 aromatic heterocycles. The lowest BCUT2D eigenvalue weighted by atomic mass is 10.1. The van der Waals surface area contributed by atoms with Gasteiger partial charge in [-0.1, -0.05) is 24.9 Å². The first-order valence-electron chi connectivity index (χ1n) is 5.85. The van der Waals surface area contributed by atoms with Crippen LogP contribution in [0.15, 0.2) is 16.6 Å². The second kappa shape index (κ2) is 7.75. The fraction of sp³-hybridized carbons (Fsp3) is 0.417. The summed E-state index contributed by atoms with van der Waals surface area (Å²) in [4.78, 5) is 11.8. The monoisotopic (exact) mass is 370 g/mol. The van der Waals surface area contributed by atoms with E-state index in [1.165, 1.54) is 12.1 Å². The van der Waals surface area contributed by atoms with Crippen LogP contribution in [-0.4, -0.2) is 18.6 Å². The highest BCUT2D eigenvalue weighted by atomic mass is 79.9. The largest absolute Gasteiger partial charge is 0.431 e. The van der Waals surface area contributed by atoms with Gasteiger partial charge in [-0.15, -0.1) is 0 Å². The molecule has 1 atom stereocenters. The normalized spacial score (nSPS) is 12.3. The predicted octanol–water partition coefficient (Wildman–Crippen LogP) is 3.77. The molecule has 8 heteroatoms. The first kappa shape index (κ1) is 17.1. The molecule has 1 amide bonds. The van der Waals surface area contributed by atoms with Gasteiger partial charge in [0.1, 0.15) is 0 Å². The molecule has 0 aliphatic carbocycles. The van der Waals surface area contributed by atoms with E-state index in [-0.39, 0.29) is 20.9 Å². The fourth-order valence-corrected chi connectivity index (χ4v) is 2.43. The molecule has 0 aliphatic heterocycles. The quantitative estimate of drug-likeness (QED) is 0.800. The van der Waals surface area contributed by atoms with Crippen molar-refractivity contribution in [3.05, 3.63) is 21.6 Å². The molecule has 0 heterocycles. The van der Waals surface area contributed by atoms with E-state index in [4.69, 9.17) is 17.3 Å². The maximum atomic E-state index is 12.4. The summed E-state index contributed by atoms with van der Waals surface area (Å²) < 4.78 is 29.4. The molecule has 0 saturated heterocycles. The summed E-state index contributed by atoms with van der Waals surface area (Å²) in [5, 5.41) is 2.71. The molecule has 1 rings (SSSR count). The van der Waals surface area contributed by atoms with E-state index in [9.17, 15) is 13.6 Å². The van der Waals surface area contributed by atoms with Gasteiger partial charge in [-0.05, 0) is 34.5 Å². The minimum Gasteiger partial charge on any atom is -0.431 e. The Morgan fingerprint density at radius 2 is 2.20 bits per heavy atom. The highest BCUT2D eigenvalue weighted by Gasteiger charge is 2.19. The number of hydrogen-bond donors (Lipinski definition) is 2. The topological polar surface area (TPSA) is 64.4 Å². The van der Waals surface area contributed by atoms with E-state index in [0.717, 1.165) is 6.42 Å². The van der Waals surface area contributed by atoms with Crippen LogP contribution in [0.1, 0.15) is 19.8 Å². The lowest BCUT2D eigenvalue weighted by Gasteiger charge is -2.16. The summed E-state index contributed by atoms with van der Waals surface area (Å²) in [5.41, 5.74) is 5.70. The Kier molecular flexibility index (Phi) is 6.64. The third-order valence-electron chi connectivity index (χ3n) is 2.41. The zero-order valence-corrected chi connectivity index (χ0v) is 13.0. The van der Waals surface area contributed by atoms with Gasteiger partial charge in [0.15, 0.2) is 5.75 Å². The van der Waals surface area contributed by atoms with Crippen molar-refractivity contribution in [1.82, 2.24) is 0 Å². The molecule has 0 bridgehead atoms. The van der Waals surface area contributed by atoms with Crippen LogP contribution >= 0.6 is 27.5 Å². The standard InChI is InChI=1S/C12H14BrClF2N2O2/c1-2-3-8(17)11(19)18-9-5-6(14)4-7(13)10(9)20-12(15)16/h4-5,8,12H,2-3,17H2,1H3,(H,18,19). The molecule has 1 aromatic rings. The summed E-state index contributed by atoms with van der Waals surface area (Å²) in [6.07, 6.45) is 1.22. The zero-order chi connectivity index (χ0) is 15.3. The number of anilines is 1. The number of halogens is 4. The van der Waals surface area contributed by atoms with Crippen molar-refractivity contribution < 1.29 is 18.3 Å². The molecular weight excluding hydrogens is 357 g/mol. The van der Waals surface area contributed by atoms with E-state index in [0.29, 0.717) is 6.42 Å². The maximum absolute atomic E-state index is 12.4. The van der Waals surface area contributed by atoms with Crippen LogP contribution in [0.5, 0.6) is 5.75 Å². The van der Waals surface area contributed by atoms with Crippen LogP contribution in [0, 0.1) is 0 Å². The van der Waals surface area contributed by atoms with E-state index in [2.05, 4.69) is 26.0 Å². The minimum absolute atomic E-state index is 0.0428. The van der Waals surface area contributed by atoms with Gasteiger partial charge >= 0.3 is 6.61 Å². The smallest absolute Gasteiger partial charge is 0.387 e. The molecule has 0 radical (unpaired) electrons. The molecule has 0 aliphatic rings. The van der Waals surface area contributed by atoms with E-state index < -0.39 is 18.6 Å². The molecule has 0 fully saturated rings. The summed E-state index contributed by atoms with van der Waals surface area (Å²) >= 11 is 8.89. The Bertz CT molecular complexity index is 489. The van der Waals surface area contributed by atoms with Gasteiger partial charge in [0, 0.05) is 5.02 Å². The van der Waals surface area contributed by atoms with Gasteiger partial charge in [0.2, 0.25) is 5.91 Å². The highest BCUT2D eigenvalue weighted by molar-refractivity contribution is 9.10. The van der Waals surface area contributed by atoms with E-state index >= 15 is 0 Å². The first-order valence-corrected chi connectivity index (χ1v) is 7.02. The molecule has 0 saturated carbocycles. The minimum atomic E-state index is -3.02. The number of nitrogens with two attached hydrogens (primary N) is 1. The average molecular weight is 372 g/mol. The summed E-state index contributed by atoms with van der Waals surface area (Å²) in [5.74, 6) is -0.679. The van der Waals surface area contributed by atoms with Crippen LogP contribution in [0.4, 0.5) is 14.5 Å². The number of carbonyl (C=O) groups is 1. The molecule has 112 valence electrons. The van der Waals surface area contributed by atoms with Crippen molar-refractivity contribution in [2.45, 2.75) is 32.4 Å². The van der Waals surface area contributed by atoms with Gasteiger partial charge in [0.05, 0.1) is 16.2 Å². The number of nitrogens with one attached hydrogen (secondary N) is 1. The summed E-state index contributed by atoms with van der Waals surface area (Å²) in [6.45, 7) is -1.14. The van der Waals surface area contributed by atoms with Gasteiger partial charge in [-0.25, -0.2) is 0 Å². The Hall–Kier alpha value is -0.920. The molecule has 0 spiro atoms. The Morgan fingerprint density at radius 1 is 1.55 bits per heavy atom. The lowest BCUT2D eigenvalue weighted by molar-refractivity contribution is -0.117. The summed E-state index contributed by atoms with van der Waals surface area (Å²) in [6, 6.07) is 1.98. The molecule has 1 aromatic carbocycles. The maximum Gasteiger partial charge on any atom is 0.387 e. The fourth-order valence-electron chi connectivity index (χ4n) is 1.53. The Labute approximate surface area is 128 Å². The van der Waals surface area contributed by atoms with Crippen molar-refractivity contribution in [2.75, 3.05) is 5.32 Å². The van der Waals surface area contributed by atoms with Gasteiger partial charge in [-0.3, -0.25) is 4.79 Å². The average Bonchev–Trinajstić information content (AvgIpc) is 2.33. The Morgan fingerprint density at radius 3 is 2.75 bits per heavy atom. The van der Waals surface area contributed by atoms with Crippen LogP contribution in [0.2, 0.25) is 5.02 Å². The first-order chi connectivity index (χ1) is 9.35. The van der Waals surface area contributed by atoms with Crippen LogP contribution in [0.3, 0.4) is 0 Å². The number of ether oxygens (including phenoxy) is 1. The van der Waals surface area contributed by atoms with Gasteiger partial charge in [-0.2, -0.15) is 8.78 Å². The number of hydrogen-bond acceptors (Lipinski definition) is 3. The van der Waals surface area contributed by atoms with Crippen molar-refractivity contribution in [3.8, 4) is 5.75 Å². The van der Waals surface area contributed by atoms with Crippen molar-refractivity contribution in [2.24, 2.45) is 5.73 Å². The molecule has 3 N–H and O–H groups in total. The Balaban J connectivity index is 3.00. The van der Waals surface area contributed by atoms with Crippen molar-refractivity contribution in [3.63, 3.8) is 0 Å². The lowest BCUT2D eigenvalue weighted by Crippen LogP contribution is -2.35. The second-order valence-electron chi connectivity index (χ2n) is 4.03. The summed E-state index contributed by atoms with van der Waals surface area (Å²) in [7, 11) is 0. The number of benzene rings is 1. The number of rotatable bonds is 6. The predicted molar refractivity (Wildman–Crippen MR) is 77.3 cm³/mol. The van der Waals surface area contributed by atoms with Crippen LogP contribution in [-0.2, 0) is 4.79 Å².